The van der Waals surface area contributed by atoms with Crippen molar-refractivity contribution < 1.29 is 4.79 Å². The quantitative estimate of drug-likeness (QED) is 0.884. The summed E-state index contributed by atoms with van der Waals surface area (Å²) in [4.78, 5) is 14.5. The highest BCUT2D eigenvalue weighted by Gasteiger charge is 2.28. The van der Waals surface area contributed by atoms with Gasteiger partial charge in [-0.25, -0.2) is 0 Å². The molecule has 7 nitrogen and oxygen atoms in total. The molecule has 0 aliphatic carbocycles. The Morgan fingerprint density at radius 3 is 2.81 bits per heavy atom. The van der Waals surface area contributed by atoms with E-state index in [9.17, 15) is 4.79 Å². The lowest BCUT2D eigenvalue weighted by Gasteiger charge is -2.32. The van der Waals surface area contributed by atoms with Gasteiger partial charge in [0, 0.05) is 39.3 Å². The van der Waals surface area contributed by atoms with Gasteiger partial charge in [-0.1, -0.05) is 0 Å². The number of nitrogens with zero attached hydrogens (tertiary/aromatic N) is 5. The summed E-state index contributed by atoms with van der Waals surface area (Å²) in [5.41, 5.74) is 7.00. The molecule has 112 valence electrons. The average molecular weight is 288 g/mol. The van der Waals surface area contributed by atoms with Crippen molar-refractivity contribution in [3.63, 3.8) is 0 Å². The van der Waals surface area contributed by atoms with E-state index in [1.807, 2.05) is 23.6 Å². The summed E-state index contributed by atoms with van der Waals surface area (Å²) in [5.74, 6) is 1.22. The van der Waals surface area contributed by atoms with Gasteiger partial charge in [0.1, 0.15) is 17.8 Å². The molecule has 3 rings (SSSR count). The fraction of sp³-hybridized carbons (Fsp3) is 0.500. The van der Waals surface area contributed by atoms with Crippen LogP contribution >= 0.6 is 0 Å². The van der Waals surface area contributed by atoms with Gasteiger partial charge in [0.05, 0.1) is 5.69 Å². The number of hydrogen-bond donors (Lipinski definition) is 1. The van der Waals surface area contributed by atoms with Gasteiger partial charge in [-0.2, -0.15) is 0 Å². The highest BCUT2D eigenvalue weighted by Crippen LogP contribution is 2.26. The second-order valence-electron chi connectivity index (χ2n) is 5.66. The molecule has 2 aromatic rings. The molecular weight excluding hydrogens is 268 g/mol. The third-order valence-electron chi connectivity index (χ3n) is 4.07. The number of anilines is 1. The van der Waals surface area contributed by atoms with E-state index in [1.165, 1.54) is 0 Å². The topological polar surface area (TPSA) is 82.0 Å². The van der Waals surface area contributed by atoms with Crippen molar-refractivity contribution in [2.24, 2.45) is 14.1 Å². The summed E-state index contributed by atoms with van der Waals surface area (Å²) >= 11 is 0. The highest BCUT2D eigenvalue weighted by molar-refractivity contribution is 5.93. The number of piperidine rings is 1. The van der Waals surface area contributed by atoms with Crippen LogP contribution in [0.5, 0.6) is 0 Å². The smallest absolute Gasteiger partial charge is 0.270 e. The summed E-state index contributed by atoms with van der Waals surface area (Å²) in [5, 5.41) is 8.11. The van der Waals surface area contributed by atoms with E-state index in [0.717, 1.165) is 25.2 Å². The molecule has 2 N–H and O–H groups in total. The van der Waals surface area contributed by atoms with Crippen molar-refractivity contribution in [2.45, 2.75) is 18.8 Å². The van der Waals surface area contributed by atoms with Gasteiger partial charge in [0.25, 0.3) is 5.91 Å². The number of rotatable bonds is 2. The van der Waals surface area contributed by atoms with Crippen LogP contribution in [0, 0.1) is 0 Å². The van der Waals surface area contributed by atoms with Gasteiger partial charge in [0.15, 0.2) is 0 Å². The van der Waals surface area contributed by atoms with Gasteiger partial charge in [0.2, 0.25) is 0 Å². The monoisotopic (exact) mass is 288 g/mol. The Labute approximate surface area is 123 Å². The lowest BCUT2D eigenvalue weighted by Crippen LogP contribution is -2.40. The predicted octanol–water partition coefficient (Wildman–Crippen LogP) is 0.756. The van der Waals surface area contributed by atoms with Crippen LogP contribution in [0.1, 0.15) is 35.1 Å². The van der Waals surface area contributed by atoms with Crippen LogP contribution in [0.3, 0.4) is 0 Å². The number of amides is 1. The lowest BCUT2D eigenvalue weighted by molar-refractivity contribution is 0.0694. The van der Waals surface area contributed by atoms with E-state index in [0.29, 0.717) is 17.9 Å². The van der Waals surface area contributed by atoms with Gasteiger partial charge < -0.3 is 19.8 Å². The van der Waals surface area contributed by atoms with Crippen LogP contribution in [0.15, 0.2) is 18.6 Å². The van der Waals surface area contributed by atoms with E-state index in [4.69, 9.17) is 5.73 Å². The molecule has 0 saturated carbocycles. The fourth-order valence-electron chi connectivity index (χ4n) is 3.00. The average Bonchev–Trinajstić information content (AvgIpc) is 3.03. The van der Waals surface area contributed by atoms with E-state index in [-0.39, 0.29) is 11.8 Å². The molecule has 3 heterocycles. The van der Waals surface area contributed by atoms with E-state index in [2.05, 4.69) is 10.2 Å². The molecule has 1 atom stereocenters. The molecule has 7 heteroatoms. The standard InChI is InChI=1S/C14H20N6O/c1-18-8-11(15)6-12(18)14(21)20-5-3-4-10(7-20)13-17-16-9-19(13)2/h6,8-10H,3-5,7,15H2,1-2H3. The molecule has 21 heavy (non-hydrogen) atoms. The van der Waals surface area contributed by atoms with Crippen molar-refractivity contribution >= 4 is 11.6 Å². The Morgan fingerprint density at radius 2 is 2.19 bits per heavy atom. The zero-order valence-corrected chi connectivity index (χ0v) is 12.4. The number of carbonyl (C=O) groups is 1. The number of likely N-dealkylation sites (tertiary alicyclic amines) is 1. The third-order valence-corrected chi connectivity index (χ3v) is 4.07. The Hall–Kier alpha value is -2.31. The summed E-state index contributed by atoms with van der Waals surface area (Å²) in [7, 11) is 3.78. The normalized spacial score (nSPS) is 19.0. The number of nitrogens with two attached hydrogens (primary N) is 1. The largest absolute Gasteiger partial charge is 0.397 e. The molecule has 0 spiro atoms. The number of carbonyl (C=O) groups excluding carboxylic acids is 1. The first kappa shape index (κ1) is 13.7. The van der Waals surface area contributed by atoms with Gasteiger partial charge >= 0.3 is 0 Å². The molecule has 1 aliphatic rings. The van der Waals surface area contributed by atoms with E-state index in [1.54, 1.807) is 23.2 Å². The maximum Gasteiger partial charge on any atom is 0.270 e. The molecule has 0 radical (unpaired) electrons. The molecule has 0 bridgehead atoms. The molecule has 0 aromatic carbocycles. The van der Waals surface area contributed by atoms with Crippen molar-refractivity contribution in [1.29, 1.82) is 0 Å². The van der Waals surface area contributed by atoms with E-state index >= 15 is 0 Å². The van der Waals surface area contributed by atoms with Crippen LogP contribution in [0.25, 0.3) is 0 Å². The van der Waals surface area contributed by atoms with Crippen molar-refractivity contribution in [3.8, 4) is 0 Å². The van der Waals surface area contributed by atoms with Crippen LogP contribution in [-0.4, -0.2) is 43.2 Å². The summed E-state index contributed by atoms with van der Waals surface area (Å²) in [6.45, 7) is 1.45. The summed E-state index contributed by atoms with van der Waals surface area (Å²) in [6.07, 6.45) is 5.47. The zero-order valence-electron chi connectivity index (χ0n) is 12.4. The Kier molecular flexibility index (Phi) is 3.40. The molecule has 1 unspecified atom stereocenters. The van der Waals surface area contributed by atoms with E-state index < -0.39 is 0 Å². The van der Waals surface area contributed by atoms with Crippen LogP contribution < -0.4 is 5.73 Å². The molecule has 2 aromatic heterocycles. The zero-order chi connectivity index (χ0) is 15.0. The summed E-state index contributed by atoms with van der Waals surface area (Å²) < 4.78 is 3.71. The minimum Gasteiger partial charge on any atom is -0.397 e. The van der Waals surface area contributed by atoms with Gasteiger partial charge in [-0.05, 0) is 18.9 Å². The first-order chi connectivity index (χ1) is 10.1. The fourth-order valence-corrected chi connectivity index (χ4v) is 3.00. The molecule has 1 fully saturated rings. The second-order valence-corrected chi connectivity index (χ2v) is 5.66. The third kappa shape index (κ3) is 2.51. The first-order valence-corrected chi connectivity index (χ1v) is 7.11. The number of hydrogen-bond acceptors (Lipinski definition) is 4. The van der Waals surface area contributed by atoms with Crippen molar-refractivity contribution in [1.82, 2.24) is 24.2 Å². The number of nitrogen functional groups attached to an aromatic ring is 1. The van der Waals surface area contributed by atoms with Gasteiger partial charge in [-0.15, -0.1) is 10.2 Å². The molecule has 1 saturated heterocycles. The second kappa shape index (κ2) is 5.23. The maximum atomic E-state index is 12.6. The van der Waals surface area contributed by atoms with Crippen molar-refractivity contribution in [3.05, 3.63) is 30.1 Å². The van der Waals surface area contributed by atoms with Crippen LogP contribution in [-0.2, 0) is 14.1 Å². The van der Waals surface area contributed by atoms with Gasteiger partial charge in [-0.3, -0.25) is 4.79 Å². The van der Waals surface area contributed by atoms with Crippen LogP contribution in [0.2, 0.25) is 0 Å². The SMILES string of the molecule is Cn1cc(N)cc1C(=O)N1CCCC(c2nncn2C)C1. The van der Waals surface area contributed by atoms with Crippen molar-refractivity contribution in [2.75, 3.05) is 18.8 Å². The van der Waals surface area contributed by atoms with Crippen LogP contribution in [0.4, 0.5) is 5.69 Å². The lowest BCUT2D eigenvalue weighted by atomic mass is 9.97. The highest BCUT2D eigenvalue weighted by atomic mass is 16.2. The Morgan fingerprint density at radius 1 is 1.38 bits per heavy atom. The first-order valence-electron chi connectivity index (χ1n) is 7.11. The Balaban J connectivity index is 1.79. The Bertz CT molecular complexity index is 658. The molecule has 1 amide bonds. The molecular formula is C14H20N6O. The summed E-state index contributed by atoms with van der Waals surface area (Å²) in [6, 6.07) is 1.73. The maximum absolute atomic E-state index is 12.6. The predicted molar refractivity (Wildman–Crippen MR) is 78.7 cm³/mol. The molecule has 1 aliphatic heterocycles. The minimum absolute atomic E-state index is 0.0288. The number of aromatic nitrogens is 4. The number of aryl methyl sites for hydroxylation is 2. The minimum atomic E-state index is 0.0288.